The summed E-state index contributed by atoms with van der Waals surface area (Å²) in [4.78, 5) is 23.8. The number of esters is 1. The van der Waals surface area contributed by atoms with E-state index in [1.54, 1.807) is 18.2 Å². The highest BCUT2D eigenvalue weighted by atomic mass is 35.5. The van der Waals surface area contributed by atoms with Crippen LogP contribution < -0.4 is 10.1 Å². The number of aryl methyl sites for hydroxylation is 1. The van der Waals surface area contributed by atoms with Gasteiger partial charge in [-0.15, -0.1) is 0 Å². The largest absolute Gasteiger partial charge is 0.452 e. The number of hydrogen-bond donors (Lipinski definition) is 1. The van der Waals surface area contributed by atoms with Crippen LogP contribution in [0.15, 0.2) is 42.5 Å². The number of para-hydroxylation sites is 1. The van der Waals surface area contributed by atoms with Crippen molar-refractivity contribution in [3.8, 4) is 5.75 Å². The summed E-state index contributed by atoms with van der Waals surface area (Å²) in [5, 5.41) is 2.83. The number of anilines is 1. The fourth-order valence-electron chi connectivity index (χ4n) is 1.95. The van der Waals surface area contributed by atoms with Crippen LogP contribution in [-0.2, 0) is 9.53 Å². The average molecular weight is 370 g/mol. The molecule has 0 unspecified atom stereocenters. The van der Waals surface area contributed by atoms with E-state index in [-0.39, 0.29) is 11.3 Å². The summed E-state index contributed by atoms with van der Waals surface area (Å²) in [5.74, 6) is -1.91. The second-order valence-electron chi connectivity index (χ2n) is 4.98. The molecule has 2 aromatic carbocycles. The van der Waals surface area contributed by atoms with E-state index in [9.17, 15) is 18.4 Å². The van der Waals surface area contributed by atoms with Crippen molar-refractivity contribution in [2.45, 2.75) is 13.5 Å². The second kappa shape index (κ2) is 8.43. The summed E-state index contributed by atoms with van der Waals surface area (Å²) in [6.45, 7) is -1.84. The molecule has 0 radical (unpaired) electrons. The third kappa shape index (κ3) is 5.42. The number of carbonyl (C=O) groups is 2. The second-order valence-corrected chi connectivity index (χ2v) is 5.39. The minimum absolute atomic E-state index is 0.205. The maximum absolute atomic E-state index is 12.3. The fourth-order valence-corrected chi connectivity index (χ4v) is 2.23. The van der Waals surface area contributed by atoms with E-state index in [1.165, 1.54) is 24.3 Å². The summed E-state index contributed by atoms with van der Waals surface area (Å²) < 4.78 is 33.7. The summed E-state index contributed by atoms with van der Waals surface area (Å²) in [6.07, 6.45) is 0. The van der Waals surface area contributed by atoms with Gasteiger partial charge in [-0.05, 0) is 36.8 Å². The SMILES string of the molecule is Cc1ccc(NC(=O)COC(=O)c2ccccc2OC(F)F)c(Cl)c1. The topological polar surface area (TPSA) is 64.6 Å². The maximum Gasteiger partial charge on any atom is 0.387 e. The molecule has 0 saturated carbocycles. The molecule has 0 spiro atoms. The number of rotatable bonds is 6. The van der Waals surface area contributed by atoms with Gasteiger partial charge in [0, 0.05) is 0 Å². The molecule has 0 aliphatic carbocycles. The van der Waals surface area contributed by atoms with Crippen LogP contribution in [0, 0.1) is 6.92 Å². The van der Waals surface area contributed by atoms with Gasteiger partial charge in [0.15, 0.2) is 6.61 Å². The highest BCUT2D eigenvalue weighted by Gasteiger charge is 2.18. The number of amides is 1. The van der Waals surface area contributed by atoms with E-state index in [2.05, 4.69) is 10.1 Å². The van der Waals surface area contributed by atoms with E-state index in [1.807, 2.05) is 6.92 Å². The van der Waals surface area contributed by atoms with Gasteiger partial charge in [-0.2, -0.15) is 8.78 Å². The van der Waals surface area contributed by atoms with Gasteiger partial charge in [-0.25, -0.2) is 4.79 Å². The lowest BCUT2D eigenvalue weighted by atomic mass is 10.2. The molecule has 0 fully saturated rings. The van der Waals surface area contributed by atoms with Crippen molar-refractivity contribution in [2.75, 3.05) is 11.9 Å². The molecule has 0 aromatic heterocycles. The molecule has 132 valence electrons. The molecule has 8 heteroatoms. The number of nitrogens with one attached hydrogen (secondary N) is 1. The summed E-state index contributed by atoms with van der Waals surface area (Å²) >= 11 is 5.99. The van der Waals surface area contributed by atoms with Gasteiger partial charge in [0.2, 0.25) is 0 Å². The smallest absolute Gasteiger partial charge is 0.387 e. The van der Waals surface area contributed by atoms with Gasteiger partial charge >= 0.3 is 12.6 Å². The molecule has 5 nitrogen and oxygen atoms in total. The Hall–Kier alpha value is -2.67. The van der Waals surface area contributed by atoms with Crippen LogP contribution in [0.4, 0.5) is 14.5 Å². The van der Waals surface area contributed by atoms with Crippen LogP contribution in [0.1, 0.15) is 15.9 Å². The Morgan fingerprint density at radius 2 is 1.92 bits per heavy atom. The number of benzene rings is 2. The first-order valence-corrected chi connectivity index (χ1v) is 7.51. The first-order valence-electron chi connectivity index (χ1n) is 7.14. The zero-order valence-corrected chi connectivity index (χ0v) is 13.8. The van der Waals surface area contributed by atoms with Crippen molar-refractivity contribution in [2.24, 2.45) is 0 Å². The maximum atomic E-state index is 12.3. The molecule has 0 bridgehead atoms. The normalized spacial score (nSPS) is 10.4. The Balaban J connectivity index is 1.97. The highest BCUT2D eigenvalue weighted by Crippen LogP contribution is 2.23. The molecular formula is C17H14ClF2NO4. The quantitative estimate of drug-likeness (QED) is 0.780. The van der Waals surface area contributed by atoms with Crippen LogP contribution in [0.2, 0.25) is 5.02 Å². The third-order valence-electron chi connectivity index (χ3n) is 3.06. The minimum atomic E-state index is -3.08. The predicted molar refractivity (Wildman–Crippen MR) is 88.2 cm³/mol. The molecular weight excluding hydrogens is 356 g/mol. The summed E-state index contributed by atoms with van der Waals surface area (Å²) in [5.41, 5.74) is 1.09. The van der Waals surface area contributed by atoms with Crippen molar-refractivity contribution in [1.29, 1.82) is 0 Å². The van der Waals surface area contributed by atoms with Gasteiger partial charge in [0.05, 0.1) is 10.7 Å². The Kier molecular flexibility index (Phi) is 6.30. The molecule has 1 amide bonds. The lowest BCUT2D eigenvalue weighted by molar-refractivity contribution is -0.119. The van der Waals surface area contributed by atoms with Crippen molar-refractivity contribution in [1.82, 2.24) is 0 Å². The van der Waals surface area contributed by atoms with Gasteiger partial charge in [-0.1, -0.05) is 29.8 Å². The summed E-state index contributed by atoms with van der Waals surface area (Å²) in [7, 11) is 0. The minimum Gasteiger partial charge on any atom is -0.452 e. The molecule has 0 saturated heterocycles. The molecule has 0 atom stereocenters. The Labute approximate surface area is 147 Å². The lowest BCUT2D eigenvalue weighted by Gasteiger charge is -2.11. The van der Waals surface area contributed by atoms with Crippen molar-refractivity contribution in [3.05, 3.63) is 58.6 Å². The van der Waals surface area contributed by atoms with Crippen molar-refractivity contribution >= 4 is 29.2 Å². The van der Waals surface area contributed by atoms with E-state index in [0.717, 1.165) is 5.56 Å². The third-order valence-corrected chi connectivity index (χ3v) is 3.37. The number of halogens is 3. The van der Waals surface area contributed by atoms with Crippen LogP contribution in [-0.4, -0.2) is 25.1 Å². The van der Waals surface area contributed by atoms with Crippen LogP contribution in [0.5, 0.6) is 5.75 Å². The molecule has 0 aliphatic heterocycles. The van der Waals surface area contributed by atoms with E-state index in [0.29, 0.717) is 10.7 Å². The van der Waals surface area contributed by atoms with Gasteiger partial charge in [-0.3, -0.25) is 4.79 Å². The Morgan fingerprint density at radius 3 is 2.60 bits per heavy atom. The van der Waals surface area contributed by atoms with Gasteiger partial charge < -0.3 is 14.8 Å². The standard InChI is InChI=1S/C17H14ClF2NO4/c1-10-6-7-13(12(18)8-10)21-15(22)9-24-16(23)11-4-2-3-5-14(11)25-17(19)20/h2-8,17H,9H2,1H3,(H,21,22). The molecule has 2 aromatic rings. The molecule has 25 heavy (non-hydrogen) atoms. The average Bonchev–Trinajstić information content (AvgIpc) is 2.55. The van der Waals surface area contributed by atoms with E-state index >= 15 is 0 Å². The Bertz CT molecular complexity index is 783. The predicted octanol–water partition coefficient (Wildman–Crippen LogP) is 4.05. The monoisotopic (exact) mass is 369 g/mol. The van der Waals surface area contributed by atoms with Gasteiger partial charge in [0.25, 0.3) is 5.91 Å². The van der Waals surface area contributed by atoms with Crippen molar-refractivity contribution in [3.63, 3.8) is 0 Å². The number of alkyl halides is 2. The van der Waals surface area contributed by atoms with E-state index in [4.69, 9.17) is 16.3 Å². The van der Waals surface area contributed by atoms with Crippen molar-refractivity contribution < 1.29 is 27.8 Å². The fraction of sp³-hybridized carbons (Fsp3) is 0.176. The molecule has 0 heterocycles. The lowest BCUT2D eigenvalue weighted by Crippen LogP contribution is -2.21. The van der Waals surface area contributed by atoms with Crippen LogP contribution in [0.25, 0.3) is 0 Å². The molecule has 1 N–H and O–H groups in total. The molecule has 2 rings (SSSR count). The summed E-state index contributed by atoms with van der Waals surface area (Å²) in [6, 6.07) is 10.4. The van der Waals surface area contributed by atoms with E-state index < -0.39 is 25.1 Å². The zero-order chi connectivity index (χ0) is 18.4. The first-order chi connectivity index (χ1) is 11.9. The Morgan fingerprint density at radius 1 is 1.20 bits per heavy atom. The number of hydrogen-bond acceptors (Lipinski definition) is 4. The molecule has 0 aliphatic rings. The zero-order valence-electron chi connectivity index (χ0n) is 13.1. The van der Waals surface area contributed by atoms with Crippen LogP contribution >= 0.6 is 11.6 Å². The first kappa shape index (κ1) is 18.7. The number of ether oxygens (including phenoxy) is 2. The van der Waals surface area contributed by atoms with Gasteiger partial charge in [0.1, 0.15) is 11.3 Å². The number of carbonyl (C=O) groups excluding carboxylic acids is 2. The highest BCUT2D eigenvalue weighted by molar-refractivity contribution is 6.33. The van der Waals surface area contributed by atoms with Crippen LogP contribution in [0.3, 0.4) is 0 Å².